The Labute approximate surface area is 198 Å². The SMILES string of the molecule is CN=C(NCc1ccc(CN2CCCCC2)cc1)NCc1ccccc1CN1CCCC1=O. The molecule has 2 heterocycles. The maximum absolute atomic E-state index is 12.0. The molecule has 33 heavy (non-hydrogen) atoms. The standard InChI is InChI=1S/C27H37N5O/c1-28-27(29-18-22-11-13-23(14-12-22)20-31-15-5-2-6-16-31)30-19-24-8-3-4-9-25(24)21-32-17-7-10-26(32)33/h3-4,8-9,11-14H,2,5-7,10,15-21H2,1H3,(H2,28,29,30). The van der Waals surface area contributed by atoms with Crippen molar-refractivity contribution in [2.24, 2.45) is 4.99 Å². The summed E-state index contributed by atoms with van der Waals surface area (Å²) >= 11 is 0. The first kappa shape index (κ1) is 23.3. The molecule has 2 N–H and O–H groups in total. The molecule has 6 heteroatoms. The molecule has 1 amide bonds. The second-order valence-electron chi connectivity index (χ2n) is 9.12. The van der Waals surface area contributed by atoms with Gasteiger partial charge in [-0.3, -0.25) is 14.7 Å². The van der Waals surface area contributed by atoms with Crippen LogP contribution in [0.15, 0.2) is 53.5 Å². The predicted octanol–water partition coefficient (Wildman–Crippen LogP) is 3.66. The van der Waals surface area contributed by atoms with Crippen LogP contribution in [0.25, 0.3) is 0 Å². The minimum absolute atomic E-state index is 0.261. The average molecular weight is 448 g/mol. The van der Waals surface area contributed by atoms with E-state index < -0.39 is 0 Å². The Bertz CT molecular complexity index is 934. The largest absolute Gasteiger partial charge is 0.352 e. The van der Waals surface area contributed by atoms with Crippen LogP contribution in [-0.2, 0) is 31.0 Å². The van der Waals surface area contributed by atoms with Crippen LogP contribution in [0.5, 0.6) is 0 Å². The lowest BCUT2D eigenvalue weighted by Gasteiger charge is -2.26. The highest BCUT2D eigenvalue weighted by atomic mass is 16.2. The predicted molar refractivity (Wildman–Crippen MR) is 134 cm³/mol. The second-order valence-corrected chi connectivity index (χ2v) is 9.12. The van der Waals surface area contributed by atoms with Gasteiger partial charge in [0.2, 0.25) is 5.91 Å². The van der Waals surface area contributed by atoms with E-state index in [1.807, 2.05) is 17.0 Å². The number of rotatable bonds is 8. The summed E-state index contributed by atoms with van der Waals surface area (Å²) in [6.45, 7) is 6.46. The number of piperidine rings is 1. The van der Waals surface area contributed by atoms with Gasteiger partial charge >= 0.3 is 0 Å². The van der Waals surface area contributed by atoms with Crippen LogP contribution in [-0.4, -0.2) is 48.3 Å². The molecule has 0 spiro atoms. The Morgan fingerprint density at radius 1 is 0.818 bits per heavy atom. The fourth-order valence-electron chi connectivity index (χ4n) is 4.68. The number of carbonyl (C=O) groups is 1. The summed E-state index contributed by atoms with van der Waals surface area (Å²) in [5, 5.41) is 6.85. The highest BCUT2D eigenvalue weighted by Gasteiger charge is 2.20. The molecule has 176 valence electrons. The number of benzene rings is 2. The van der Waals surface area contributed by atoms with Crippen molar-refractivity contribution in [1.82, 2.24) is 20.4 Å². The zero-order valence-corrected chi connectivity index (χ0v) is 19.9. The fraction of sp³-hybridized carbons (Fsp3) is 0.481. The summed E-state index contributed by atoms with van der Waals surface area (Å²) in [4.78, 5) is 20.9. The van der Waals surface area contributed by atoms with Gasteiger partial charge in [-0.1, -0.05) is 55.0 Å². The molecule has 0 aromatic heterocycles. The molecule has 2 aliphatic heterocycles. The number of guanidine groups is 1. The highest BCUT2D eigenvalue weighted by molar-refractivity contribution is 5.79. The first-order chi connectivity index (χ1) is 16.2. The molecule has 0 aliphatic carbocycles. The van der Waals surface area contributed by atoms with E-state index >= 15 is 0 Å². The zero-order chi connectivity index (χ0) is 22.9. The van der Waals surface area contributed by atoms with Crippen LogP contribution < -0.4 is 10.6 Å². The molecule has 2 saturated heterocycles. The van der Waals surface area contributed by atoms with Crippen LogP contribution in [0.3, 0.4) is 0 Å². The van der Waals surface area contributed by atoms with Crippen LogP contribution in [0.2, 0.25) is 0 Å². The summed E-state index contributed by atoms with van der Waals surface area (Å²) in [5.41, 5.74) is 5.02. The van der Waals surface area contributed by atoms with Gasteiger partial charge in [-0.05, 0) is 54.6 Å². The molecule has 2 aromatic rings. The van der Waals surface area contributed by atoms with E-state index in [1.165, 1.54) is 54.6 Å². The summed E-state index contributed by atoms with van der Waals surface area (Å²) in [7, 11) is 1.80. The molecule has 2 aliphatic rings. The van der Waals surface area contributed by atoms with E-state index in [4.69, 9.17) is 0 Å². The molecule has 4 rings (SSSR count). The molecular weight excluding hydrogens is 410 g/mol. The third kappa shape index (κ3) is 6.81. The Kier molecular flexibility index (Phi) is 8.36. The van der Waals surface area contributed by atoms with Crippen molar-refractivity contribution in [3.63, 3.8) is 0 Å². The molecular formula is C27H37N5O. The number of hydrogen-bond acceptors (Lipinski definition) is 3. The first-order valence-electron chi connectivity index (χ1n) is 12.3. The van der Waals surface area contributed by atoms with E-state index in [0.717, 1.165) is 32.0 Å². The number of amides is 1. The van der Waals surface area contributed by atoms with Crippen LogP contribution in [0.4, 0.5) is 0 Å². The monoisotopic (exact) mass is 447 g/mol. The quantitative estimate of drug-likeness (QED) is 0.479. The van der Waals surface area contributed by atoms with Gasteiger partial charge in [0, 0.05) is 46.2 Å². The number of nitrogens with one attached hydrogen (secondary N) is 2. The van der Waals surface area contributed by atoms with Crippen molar-refractivity contribution in [3.8, 4) is 0 Å². The topological polar surface area (TPSA) is 60.0 Å². The van der Waals surface area contributed by atoms with Gasteiger partial charge in [-0.15, -0.1) is 0 Å². The molecule has 2 fully saturated rings. The zero-order valence-electron chi connectivity index (χ0n) is 19.9. The molecule has 0 bridgehead atoms. The number of hydrogen-bond donors (Lipinski definition) is 2. The minimum atomic E-state index is 0.261. The van der Waals surface area contributed by atoms with Crippen LogP contribution in [0.1, 0.15) is 54.4 Å². The van der Waals surface area contributed by atoms with E-state index in [-0.39, 0.29) is 5.91 Å². The van der Waals surface area contributed by atoms with Crippen molar-refractivity contribution in [1.29, 1.82) is 0 Å². The van der Waals surface area contributed by atoms with Crippen molar-refractivity contribution in [3.05, 3.63) is 70.8 Å². The van der Waals surface area contributed by atoms with Gasteiger partial charge in [-0.2, -0.15) is 0 Å². The lowest BCUT2D eigenvalue weighted by atomic mass is 10.1. The lowest BCUT2D eigenvalue weighted by molar-refractivity contribution is -0.128. The smallest absolute Gasteiger partial charge is 0.222 e. The molecule has 6 nitrogen and oxygen atoms in total. The van der Waals surface area contributed by atoms with E-state index in [0.29, 0.717) is 19.5 Å². The van der Waals surface area contributed by atoms with Gasteiger partial charge < -0.3 is 15.5 Å². The number of carbonyl (C=O) groups excluding carboxylic acids is 1. The van der Waals surface area contributed by atoms with Gasteiger partial charge in [0.25, 0.3) is 0 Å². The number of likely N-dealkylation sites (tertiary alicyclic amines) is 2. The molecule has 0 saturated carbocycles. The number of aliphatic imine (C=N–C) groups is 1. The Morgan fingerprint density at radius 2 is 1.52 bits per heavy atom. The Morgan fingerprint density at radius 3 is 2.21 bits per heavy atom. The van der Waals surface area contributed by atoms with Crippen molar-refractivity contribution >= 4 is 11.9 Å². The third-order valence-electron chi connectivity index (χ3n) is 6.66. The normalized spacial score (nSPS) is 17.4. The third-order valence-corrected chi connectivity index (χ3v) is 6.66. The Balaban J connectivity index is 1.26. The van der Waals surface area contributed by atoms with E-state index in [9.17, 15) is 4.79 Å². The maximum Gasteiger partial charge on any atom is 0.222 e. The summed E-state index contributed by atoms with van der Waals surface area (Å²) < 4.78 is 0. The maximum atomic E-state index is 12.0. The van der Waals surface area contributed by atoms with E-state index in [1.54, 1.807) is 7.05 Å². The van der Waals surface area contributed by atoms with Gasteiger partial charge in [0.05, 0.1) is 0 Å². The van der Waals surface area contributed by atoms with E-state index in [2.05, 4.69) is 56.9 Å². The summed E-state index contributed by atoms with van der Waals surface area (Å²) in [6.07, 6.45) is 5.68. The van der Waals surface area contributed by atoms with Crippen molar-refractivity contribution < 1.29 is 4.79 Å². The van der Waals surface area contributed by atoms with Gasteiger partial charge in [0.1, 0.15) is 0 Å². The number of nitrogens with zero attached hydrogens (tertiary/aromatic N) is 3. The molecule has 0 atom stereocenters. The minimum Gasteiger partial charge on any atom is -0.352 e. The molecule has 0 radical (unpaired) electrons. The van der Waals surface area contributed by atoms with Crippen molar-refractivity contribution in [2.75, 3.05) is 26.7 Å². The molecule has 0 unspecified atom stereocenters. The second kappa shape index (κ2) is 11.8. The first-order valence-corrected chi connectivity index (χ1v) is 12.3. The van der Waals surface area contributed by atoms with Crippen molar-refractivity contribution in [2.45, 2.75) is 58.3 Å². The van der Waals surface area contributed by atoms with Crippen LogP contribution in [0, 0.1) is 0 Å². The highest BCUT2D eigenvalue weighted by Crippen LogP contribution is 2.17. The summed E-state index contributed by atoms with van der Waals surface area (Å²) in [6, 6.07) is 17.2. The van der Waals surface area contributed by atoms with Crippen LogP contribution >= 0.6 is 0 Å². The fourth-order valence-corrected chi connectivity index (χ4v) is 4.68. The summed E-state index contributed by atoms with van der Waals surface area (Å²) in [5.74, 6) is 1.04. The molecule has 2 aromatic carbocycles. The van der Waals surface area contributed by atoms with Gasteiger partial charge in [0.15, 0.2) is 5.96 Å². The lowest BCUT2D eigenvalue weighted by Crippen LogP contribution is -2.36. The Hall–Kier alpha value is -2.86. The average Bonchev–Trinajstić information content (AvgIpc) is 3.26. The van der Waals surface area contributed by atoms with Gasteiger partial charge in [-0.25, -0.2) is 0 Å².